The summed E-state index contributed by atoms with van der Waals surface area (Å²) in [6.07, 6.45) is 3.96. The second-order valence-corrected chi connectivity index (χ2v) is 8.51. The Bertz CT molecular complexity index is 936. The van der Waals surface area contributed by atoms with Crippen LogP contribution < -0.4 is 10.9 Å². The van der Waals surface area contributed by atoms with Crippen molar-refractivity contribution in [1.82, 2.24) is 19.7 Å². The van der Waals surface area contributed by atoms with Crippen molar-refractivity contribution < 1.29 is 4.74 Å². The molecule has 2 unspecified atom stereocenters. The summed E-state index contributed by atoms with van der Waals surface area (Å²) >= 11 is 0. The predicted molar refractivity (Wildman–Crippen MR) is 143 cm³/mol. The number of aromatic nitrogens is 1. The fraction of sp³-hybridized carbons (Fsp3) is 0.520. The third-order valence-corrected chi connectivity index (χ3v) is 6.25. The number of benzene rings is 1. The van der Waals surface area contributed by atoms with Crippen molar-refractivity contribution in [3.8, 4) is 0 Å². The van der Waals surface area contributed by atoms with E-state index in [1.54, 1.807) is 16.7 Å². The van der Waals surface area contributed by atoms with Crippen LogP contribution in [0.5, 0.6) is 0 Å². The highest BCUT2D eigenvalue weighted by molar-refractivity contribution is 14.0. The number of morpholine rings is 1. The van der Waals surface area contributed by atoms with Gasteiger partial charge < -0.3 is 19.5 Å². The van der Waals surface area contributed by atoms with Crippen LogP contribution in [0.4, 0.5) is 0 Å². The maximum Gasteiger partial charge on any atom is 0.250 e. The molecule has 2 aromatic rings. The van der Waals surface area contributed by atoms with Crippen molar-refractivity contribution >= 4 is 29.9 Å². The minimum absolute atomic E-state index is 0. The first-order valence-corrected chi connectivity index (χ1v) is 11.8. The number of nitrogens with one attached hydrogen (secondary N) is 1. The Morgan fingerprint density at radius 2 is 1.94 bits per heavy atom. The average Bonchev–Trinajstić information content (AvgIpc) is 3.25. The molecule has 33 heavy (non-hydrogen) atoms. The van der Waals surface area contributed by atoms with E-state index in [1.807, 2.05) is 12.3 Å². The van der Waals surface area contributed by atoms with Gasteiger partial charge in [-0.05, 0) is 31.4 Å². The van der Waals surface area contributed by atoms with Gasteiger partial charge in [0, 0.05) is 58.1 Å². The zero-order valence-corrected chi connectivity index (χ0v) is 21.8. The van der Waals surface area contributed by atoms with Gasteiger partial charge >= 0.3 is 0 Å². The lowest BCUT2D eigenvalue weighted by molar-refractivity contribution is -0.0502. The lowest BCUT2D eigenvalue weighted by Crippen LogP contribution is -2.50. The quantitative estimate of drug-likeness (QED) is 0.231. The Kier molecular flexibility index (Phi) is 10.2. The summed E-state index contributed by atoms with van der Waals surface area (Å²) in [5.41, 5.74) is 1.41. The van der Waals surface area contributed by atoms with Crippen LogP contribution in [-0.4, -0.2) is 71.8 Å². The van der Waals surface area contributed by atoms with Gasteiger partial charge in [-0.3, -0.25) is 14.7 Å². The number of rotatable bonds is 8. The Balaban J connectivity index is 0.00000306. The molecule has 180 valence electrons. The van der Waals surface area contributed by atoms with Crippen molar-refractivity contribution in [2.75, 3.05) is 39.3 Å². The first-order valence-electron chi connectivity index (χ1n) is 11.8. The second-order valence-electron chi connectivity index (χ2n) is 8.51. The van der Waals surface area contributed by atoms with Gasteiger partial charge in [-0.15, -0.1) is 24.0 Å². The minimum Gasteiger partial charge on any atom is -0.373 e. The molecule has 7 nitrogen and oxygen atoms in total. The first-order chi connectivity index (χ1) is 15.7. The number of unbranched alkanes of at least 4 members (excludes halogenated alkanes) is 1. The lowest BCUT2D eigenvalue weighted by atomic mass is 10.1. The Morgan fingerprint density at radius 1 is 1.12 bits per heavy atom. The van der Waals surface area contributed by atoms with E-state index in [1.165, 1.54) is 5.56 Å². The molecule has 1 aromatic carbocycles. The number of pyridine rings is 1. The normalized spacial score (nSPS) is 20.9. The summed E-state index contributed by atoms with van der Waals surface area (Å²) < 4.78 is 7.90. The molecule has 2 aliphatic rings. The van der Waals surface area contributed by atoms with Gasteiger partial charge in [0.25, 0.3) is 0 Å². The number of hydrogen-bond donors (Lipinski definition) is 1. The summed E-state index contributed by atoms with van der Waals surface area (Å²) in [4.78, 5) is 21.6. The third-order valence-electron chi connectivity index (χ3n) is 6.25. The van der Waals surface area contributed by atoms with E-state index in [2.05, 4.69) is 52.4 Å². The molecule has 2 aliphatic heterocycles. The smallest absolute Gasteiger partial charge is 0.250 e. The topological polar surface area (TPSA) is 62.1 Å². The van der Waals surface area contributed by atoms with Crippen LogP contribution in [0.15, 0.2) is 64.5 Å². The molecule has 0 spiro atoms. The van der Waals surface area contributed by atoms with Gasteiger partial charge in [-0.1, -0.05) is 36.4 Å². The molecule has 0 bridgehead atoms. The molecule has 0 amide bonds. The van der Waals surface area contributed by atoms with Crippen molar-refractivity contribution in [2.24, 2.45) is 4.99 Å². The van der Waals surface area contributed by atoms with Crippen molar-refractivity contribution in [2.45, 2.75) is 45.0 Å². The monoisotopic (exact) mass is 565 g/mol. The highest BCUT2D eigenvalue weighted by atomic mass is 127. The Hall–Kier alpha value is -1.91. The molecule has 0 saturated carbocycles. The minimum atomic E-state index is 0. The van der Waals surface area contributed by atoms with E-state index >= 15 is 0 Å². The molecule has 2 atom stereocenters. The molecule has 0 aliphatic carbocycles. The summed E-state index contributed by atoms with van der Waals surface area (Å²) in [5, 5.41) is 3.46. The average molecular weight is 566 g/mol. The molecule has 2 fully saturated rings. The lowest BCUT2D eigenvalue weighted by Gasteiger charge is -2.36. The van der Waals surface area contributed by atoms with E-state index in [0.717, 1.165) is 71.2 Å². The molecular weight excluding hydrogens is 529 g/mol. The van der Waals surface area contributed by atoms with Crippen LogP contribution in [-0.2, 0) is 17.8 Å². The number of guanidine groups is 1. The second kappa shape index (κ2) is 13.1. The van der Waals surface area contributed by atoms with Crippen LogP contribution in [0.1, 0.15) is 25.3 Å². The maximum absolute atomic E-state index is 11.8. The molecule has 8 heteroatoms. The molecule has 1 aromatic heterocycles. The fourth-order valence-electron chi connectivity index (χ4n) is 4.60. The van der Waals surface area contributed by atoms with Gasteiger partial charge in [0.05, 0.1) is 18.8 Å². The number of likely N-dealkylation sites (tertiary alicyclic amines) is 1. The highest BCUT2D eigenvalue weighted by Gasteiger charge is 2.41. The van der Waals surface area contributed by atoms with Gasteiger partial charge in [0.1, 0.15) is 0 Å². The number of hydrogen-bond acceptors (Lipinski definition) is 4. The molecule has 3 heterocycles. The SMILES string of the molecule is CCNC(=NCCCCn1ccccc1=O)N1CC2OCCN(Cc3ccccc3)C2C1.I. The van der Waals surface area contributed by atoms with E-state index < -0.39 is 0 Å². The summed E-state index contributed by atoms with van der Waals surface area (Å²) in [6.45, 7) is 8.98. The number of halogens is 1. The van der Waals surface area contributed by atoms with Crippen molar-refractivity contribution in [1.29, 1.82) is 0 Å². The Morgan fingerprint density at radius 3 is 2.73 bits per heavy atom. The predicted octanol–water partition coefficient (Wildman–Crippen LogP) is 2.80. The Labute approximate surface area is 213 Å². The van der Waals surface area contributed by atoms with Crippen LogP contribution >= 0.6 is 24.0 Å². The number of nitrogens with zero attached hydrogens (tertiary/aromatic N) is 4. The van der Waals surface area contributed by atoms with Crippen LogP contribution in [0.2, 0.25) is 0 Å². The largest absolute Gasteiger partial charge is 0.373 e. The summed E-state index contributed by atoms with van der Waals surface area (Å²) in [5.74, 6) is 0.974. The van der Waals surface area contributed by atoms with Gasteiger partial charge in [0.2, 0.25) is 5.56 Å². The molecular formula is C25H36IN5O2. The van der Waals surface area contributed by atoms with Gasteiger partial charge in [-0.25, -0.2) is 0 Å². The molecule has 2 saturated heterocycles. The standard InChI is InChI=1S/C25H35N5O2.HI/c1-2-26-25(27-13-7-9-15-28-14-8-6-12-24(28)31)30-19-22-23(20-30)32-17-16-29(22)18-21-10-4-3-5-11-21;/h3-6,8,10-12,14,22-23H,2,7,9,13,15-20H2,1H3,(H,26,27);1H. The van der Waals surface area contributed by atoms with Crippen LogP contribution in [0.3, 0.4) is 0 Å². The first kappa shape index (κ1) is 25.7. The number of aryl methyl sites for hydroxylation is 1. The van der Waals surface area contributed by atoms with Crippen molar-refractivity contribution in [3.05, 3.63) is 70.6 Å². The maximum atomic E-state index is 11.8. The zero-order valence-electron chi connectivity index (χ0n) is 19.4. The summed E-state index contributed by atoms with van der Waals surface area (Å²) in [7, 11) is 0. The third kappa shape index (κ3) is 7.04. The van der Waals surface area contributed by atoms with E-state index in [4.69, 9.17) is 9.73 Å². The number of aliphatic imine (C=N–C) groups is 1. The number of ether oxygens (including phenoxy) is 1. The van der Waals surface area contributed by atoms with Crippen molar-refractivity contribution in [3.63, 3.8) is 0 Å². The summed E-state index contributed by atoms with van der Waals surface area (Å²) in [6, 6.07) is 16.4. The van der Waals surface area contributed by atoms with Gasteiger partial charge in [-0.2, -0.15) is 0 Å². The molecule has 4 rings (SSSR count). The molecule has 1 N–H and O–H groups in total. The van der Waals surface area contributed by atoms with E-state index in [0.29, 0.717) is 6.04 Å². The van der Waals surface area contributed by atoms with E-state index in [-0.39, 0.29) is 35.6 Å². The van der Waals surface area contributed by atoms with Gasteiger partial charge in [0.15, 0.2) is 5.96 Å². The fourth-order valence-corrected chi connectivity index (χ4v) is 4.60. The number of fused-ring (bicyclic) bond motifs is 1. The highest BCUT2D eigenvalue weighted by Crippen LogP contribution is 2.24. The molecule has 0 radical (unpaired) electrons. The van der Waals surface area contributed by atoms with E-state index in [9.17, 15) is 4.79 Å². The van der Waals surface area contributed by atoms with Crippen LogP contribution in [0.25, 0.3) is 0 Å². The van der Waals surface area contributed by atoms with Crippen LogP contribution in [0, 0.1) is 0 Å². The zero-order chi connectivity index (χ0) is 22.2.